The van der Waals surface area contributed by atoms with Crippen molar-refractivity contribution in [2.75, 3.05) is 12.4 Å². The zero-order chi connectivity index (χ0) is 18.9. The fourth-order valence-electron chi connectivity index (χ4n) is 2.29. The molecule has 26 heavy (non-hydrogen) atoms. The normalized spacial score (nSPS) is 10.6. The van der Waals surface area contributed by atoms with Crippen molar-refractivity contribution < 1.29 is 14.3 Å². The third kappa shape index (κ3) is 5.67. The lowest BCUT2D eigenvalue weighted by Crippen LogP contribution is -2.07. The maximum atomic E-state index is 12.1. The Hall–Kier alpha value is -3.26. The molecule has 0 saturated heterocycles. The molecule has 0 unspecified atom stereocenters. The summed E-state index contributed by atoms with van der Waals surface area (Å²) in [4.78, 5) is 12.1. The third-order valence-electron chi connectivity index (χ3n) is 3.48. The molecule has 0 saturated carbocycles. The van der Waals surface area contributed by atoms with Crippen LogP contribution in [-0.2, 0) is 11.2 Å². The van der Waals surface area contributed by atoms with Crippen LogP contribution in [0.1, 0.15) is 25.0 Å². The van der Waals surface area contributed by atoms with E-state index in [1.165, 1.54) is 6.08 Å². The Labute approximate surface area is 153 Å². The first-order valence-electron chi connectivity index (χ1n) is 8.31. The van der Waals surface area contributed by atoms with Crippen LogP contribution in [0.15, 0.2) is 48.5 Å². The Morgan fingerprint density at radius 3 is 2.54 bits per heavy atom. The molecule has 5 heteroatoms. The van der Waals surface area contributed by atoms with E-state index in [9.17, 15) is 4.79 Å². The smallest absolute Gasteiger partial charge is 0.248 e. The van der Waals surface area contributed by atoms with Crippen LogP contribution in [0.3, 0.4) is 0 Å². The first-order valence-corrected chi connectivity index (χ1v) is 8.31. The number of hydrogen-bond donors (Lipinski definition) is 1. The Balaban J connectivity index is 2.02. The van der Waals surface area contributed by atoms with Crippen molar-refractivity contribution in [3.63, 3.8) is 0 Å². The van der Waals surface area contributed by atoms with E-state index < -0.39 is 0 Å². The fourth-order valence-corrected chi connectivity index (χ4v) is 2.29. The summed E-state index contributed by atoms with van der Waals surface area (Å²) in [6.45, 7) is 3.90. The van der Waals surface area contributed by atoms with Gasteiger partial charge in [-0.05, 0) is 55.3 Å². The second-order valence-corrected chi connectivity index (χ2v) is 5.93. The van der Waals surface area contributed by atoms with Crippen molar-refractivity contribution in [1.82, 2.24) is 0 Å². The van der Waals surface area contributed by atoms with Gasteiger partial charge in [-0.2, -0.15) is 5.26 Å². The molecule has 1 amide bonds. The van der Waals surface area contributed by atoms with Crippen molar-refractivity contribution in [3.05, 3.63) is 59.7 Å². The molecular weight excluding hydrogens is 328 g/mol. The molecule has 2 aromatic carbocycles. The minimum Gasteiger partial charge on any atom is -0.493 e. The first-order chi connectivity index (χ1) is 12.5. The Kier molecular flexibility index (Phi) is 6.81. The number of rotatable bonds is 7. The maximum Gasteiger partial charge on any atom is 0.248 e. The van der Waals surface area contributed by atoms with Crippen LogP contribution >= 0.6 is 0 Å². The van der Waals surface area contributed by atoms with Crippen molar-refractivity contribution in [2.45, 2.75) is 26.4 Å². The molecule has 0 aliphatic heterocycles. The van der Waals surface area contributed by atoms with E-state index in [0.29, 0.717) is 23.6 Å². The third-order valence-corrected chi connectivity index (χ3v) is 3.48. The summed E-state index contributed by atoms with van der Waals surface area (Å²) in [5.41, 5.74) is 2.42. The molecule has 2 rings (SSSR count). The van der Waals surface area contributed by atoms with E-state index in [4.69, 9.17) is 14.7 Å². The number of methoxy groups -OCH3 is 1. The molecule has 0 atom stereocenters. The molecule has 0 bridgehead atoms. The van der Waals surface area contributed by atoms with Gasteiger partial charge in [0.05, 0.1) is 25.7 Å². The molecule has 0 heterocycles. The van der Waals surface area contributed by atoms with E-state index in [1.54, 1.807) is 25.3 Å². The van der Waals surface area contributed by atoms with Gasteiger partial charge in [0.1, 0.15) is 0 Å². The average molecular weight is 350 g/mol. The molecule has 1 N–H and O–H groups in total. The summed E-state index contributed by atoms with van der Waals surface area (Å²) < 4.78 is 11.0. The number of nitriles is 1. The number of ether oxygens (including phenoxy) is 2. The van der Waals surface area contributed by atoms with E-state index in [1.807, 2.05) is 44.2 Å². The topological polar surface area (TPSA) is 71.3 Å². The highest BCUT2D eigenvalue weighted by molar-refractivity contribution is 6.01. The highest BCUT2D eigenvalue weighted by Gasteiger charge is 2.07. The molecule has 2 aromatic rings. The van der Waals surface area contributed by atoms with Gasteiger partial charge < -0.3 is 14.8 Å². The quantitative estimate of drug-likeness (QED) is 0.760. The monoisotopic (exact) mass is 350 g/mol. The lowest BCUT2D eigenvalue weighted by Gasteiger charge is -2.13. The van der Waals surface area contributed by atoms with E-state index in [2.05, 4.69) is 11.4 Å². The van der Waals surface area contributed by atoms with Crippen LogP contribution in [0.2, 0.25) is 0 Å². The zero-order valence-corrected chi connectivity index (χ0v) is 15.2. The maximum absolute atomic E-state index is 12.1. The van der Waals surface area contributed by atoms with Gasteiger partial charge in [-0.1, -0.05) is 18.2 Å². The Morgan fingerprint density at radius 2 is 1.92 bits per heavy atom. The summed E-state index contributed by atoms with van der Waals surface area (Å²) in [6, 6.07) is 14.8. The highest BCUT2D eigenvalue weighted by Crippen LogP contribution is 2.29. The van der Waals surface area contributed by atoms with Crippen LogP contribution in [0, 0.1) is 11.3 Å². The summed E-state index contributed by atoms with van der Waals surface area (Å²) in [7, 11) is 1.58. The van der Waals surface area contributed by atoms with Gasteiger partial charge in [-0.15, -0.1) is 0 Å². The molecule has 134 valence electrons. The summed E-state index contributed by atoms with van der Waals surface area (Å²) in [5, 5.41) is 11.4. The predicted molar refractivity (Wildman–Crippen MR) is 102 cm³/mol. The number of amides is 1. The molecule has 0 aromatic heterocycles. The number of nitrogens with one attached hydrogen (secondary N) is 1. The van der Waals surface area contributed by atoms with Crippen LogP contribution < -0.4 is 14.8 Å². The number of hydrogen-bond acceptors (Lipinski definition) is 4. The lowest BCUT2D eigenvalue weighted by atomic mass is 10.1. The van der Waals surface area contributed by atoms with Crippen molar-refractivity contribution in [2.24, 2.45) is 0 Å². The van der Waals surface area contributed by atoms with Crippen molar-refractivity contribution in [1.29, 1.82) is 5.26 Å². The second-order valence-electron chi connectivity index (χ2n) is 5.93. The van der Waals surface area contributed by atoms with E-state index >= 15 is 0 Å². The molecule has 0 radical (unpaired) electrons. The number of anilines is 1. The SMILES string of the molecule is COc1cc(/C=C/C(=O)Nc2ccc(CC#N)cc2)ccc1OC(C)C. The number of nitrogens with zero attached hydrogens (tertiary/aromatic N) is 1. The van der Waals surface area contributed by atoms with E-state index in [0.717, 1.165) is 11.1 Å². The minimum absolute atomic E-state index is 0.0515. The number of carbonyl (C=O) groups excluding carboxylic acids is 1. The summed E-state index contributed by atoms with van der Waals surface area (Å²) >= 11 is 0. The largest absolute Gasteiger partial charge is 0.493 e. The van der Waals surface area contributed by atoms with Gasteiger partial charge >= 0.3 is 0 Å². The second kappa shape index (κ2) is 9.28. The summed E-state index contributed by atoms with van der Waals surface area (Å²) in [6.07, 6.45) is 3.57. The van der Waals surface area contributed by atoms with Crippen LogP contribution in [0.25, 0.3) is 6.08 Å². The predicted octanol–water partition coefficient (Wildman–Crippen LogP) is 4.20. The molecular formula is C21H22N2O3. The molecule has 0 aliphatic carbocycles. The van der Waals surface area contributed by atoms with Crippen LogP contribution in [-0.4, -0.2) is 19.1 Å². The zero-order valence-electron chi connectivity index (χ0n) is 15.2. The standard InChI is InChI=1S/C21H22N2O3/c1-15(2)26-19-10-6-17(14-20(19)25-3)7-11-21(24)23-18-8-4-16(5-9-18)12-13-22/h4-11,14-15H,12H2,1-3H3,(H,23,24)/b11-7+. The lowest BCUT2D eigenvalue weighted by molar-refractivity contribution is -0.111. The molecule has 0 fully saturated rings. The van der Waals surface area contributed by atoms with E-state index in [-0.39, 0.29) is 12.0 Å². The van der Waals surface area contributed by atoms with Gasteiger partial charge in [0.15, 0.2) is 11.5 Å². The molecule has 5 nitrogen and oxygen atoms in total. The van der Waals surface area contributed by atoms with Gasteiger partial charge in [0, 0.05) is 11.8 Å². The fraction of sp³-hybridized carbons (Fsp3) is 0.238. The van der Waals surface area contributed by atoms with Crippen LogP contribution in [0.4, 0.5) is 5.69 Å². The van der Waals surface area contributed by atoms with Gasteiger partial charge in [0.25, 0.3) is 0 Å². The number of benzene rings is 2. The Morgan fingerprint density at radius 1 is 1.19 bits per heavy atom. The first kappa shape index (κ1) is 19.1. The number of carbonyl (C=O) groups is 1. The average Bonchev–Trinajstić information content (AvgIpc) is 2.62. The minimum atomic E-state index is -0.237. The molecule has 0 aliphatic rings. The summed E-state index contributed by atoms with van der Waals surface area (Å²) in [5.74, 6) is 1.05. The van der Waals surface area contributed by atoms with Gasteiger partial charge in [-0.25, -0.2) is 0 Å². The molecule has 0 spiro atoms. The van der Waals surface area contributed by atoms with Crippen LogP contribution in [0.5, 0.6) is 11.5 Å². The van der Waals surface area contributed by atoms with Crippen molar-refractivity contribution >= 4 is 17.7 Å². The van der Waals surface area contributed by atoms with Crippen molar-refractivity contribution in [3.8, 4) is 17.6 Å². The Bertz CT molecular complexity index is 818. The van der Waals surface area contributed by atoms with Gasteiger partial charge in [0.2, 0.25) is 5.91 Å². The highest BCUT2D eigenvalue weighted by atomic mass is 16.5. The van der Waals surface area contributed by atoms with Gasteiger partial charge in [-0.3, -0.25) is 4.79 Å².